The summed E-state index contributed by atoms with van der Waals surface area (Å²) in [5.41, 5.74) is 0.633. The van der Waals surface area contributed by atoms with E-state index < -0.39 is 17.6 Å². The van der Waals surface area contributed by atoms with Crippen molar-refractivity contribution in [3.05, 3.63) is 87.3 Å². The van der Waals surface area contributed by atoms with E-state index in [4.69, 9.17) is 16.3 Å². The van der Waals surface area contributed by atoms with Gasteiger partial charge in [0.15, 0.2) is 0 Å². The molecule has 0 bridgehead atoms. The molecule has 7 heteroatoms. The molecule has 1 amide bonds. The standard InChI is InChI=1S/C27H27ClN2O4/c1-27(2,3)24(29-26(32)33)22-23(21-14-18(28)12-13-20(21)25(31)30(22)4)34-15-17-10-7-9-16-8-5-6-11-19(16)17/h5-14,24,29H,15H2,1-4H3,(H,32,33). The molecular formula is C27H27ClN2O4. The van der Waals surface area contributed by atoms with Crippen molar-refractivity contribution >= 4 is 39.2 Å². The Bertz CT molecular complexity index is 1450. The fourth-order valence-corrected chi connectivity index (χ4v) is 4.51. The second-order valence-electron chi connectivity index (χ2n) is 9.44. The molecule has 4 aromatic rings. The summed E-state index contributed by atoms with van der Waals surface area (Å²) in [6.07, 6.45) is -1.18. The molecule has 0 aliphatic heterocycles. The van der Waals surface area contributed by atoms with Crippen molar-refractivity contribution < 1.29 is 14.6 Å². The van der Waals surface area contributed by atoms with Gasteiger partial charge in [0.1, 0.15) is 12.4 Å². The minimum atomic E-state index is -1.18. The second-order valence-corrected chi connectivity index (χ2v) is 9.88. The lowest BCUT2D eigenvalue weighted by Gasteiger charge is -2.33. The van der Waals surface area contributed by atoms with E-state index in [2.05, 4.69) is 5.32 Å². The summed E-state index contributed by atoms with van der Waals surface area (Å²) in [5.74, 6) is 0.432. The molecule has 176 valence electrons. The molecule has 1 heterocycles. The SMILES string of the molecule is Cn1c(C(NC(=O)O)C(C)(C)C)c(OCc2cccc3ccccc23)c2cc(Cl)ccc2c1=O. The molecule has 6 nitrogen and oxygen atoms in total. The number of fused-ring (bicyclic) bond motifs is 2. The number of carbonyl (C=O) groups is 1. The van der Waals surface area contributed by atoms with Gasteiger partial charge in [0.25, 0.3) is 5.56 Å². The number of rotatable bonds is 5. The van der Waals surface area contributed by atoms with Crippen molar-refractivity contribution in [1.82, 2.24) is 9.88 Å². The highest BCUT2D eigenvalue weighted by atomic mass is 35.5. The Morgan fingerprint density at radius 1 is 1.06 bits per heavy atom. The number of hydrogen-bond donors (Lipinski definition) is 2. The minimum Gasteiger partial charge on any atom is -0.486 e. The third-order valence-corrected chi connectivity index (χ3v) is 6.25. The van der Waals surface area contributed by atoms with Crippen LogP contribution in [0.3, 0.4) is 0 Å². The summed E-state index contributed by atoms with van der Waals surface area (Å²) in [6.45, 7) is 5.97. The second kappa shape index (κ2) is 9.03. The number of nitrogens with zero attached hydrogens (tertiary/aromatic N) is 1. The van der Waals surface area contributed by atoms with Crippen molar-refractivity contribution in [3.63, 3.8) is 0 Å². The monoisotopic (exact) mass is 478 g/mol. The summed E-state index contributed by atoms with van der Waals surface area (Å²) in [6, 6.07) is 18.4. The van der Waals surface area contributed by atoms with E-state index in [0.29, 0.717) is 27.2 Å². The van der Waals surface area contributed by atoms with Crippen molar-refractivity contribution in [2.45, 2.75) is 33.4 Å². The van der Waals surface area contributed by atoms with Crippen molar-refractivity contribution in [1.29, 1.82) is 0 Å². The predicted octanol–water partition coefficient (Wildman–Crippen LogP) is 6.28. The molecule has 0 fully saturated rings. The zero-order chi connectivity index (χ0) is 24.6. The highest BCUT2D eigenvalue weighted by Gasteiger charge is 2.34. The zero-order valence-corrected chi connectivity index (χ0v) is 20.3. The molecule has 0 aliphatic carbocycles. The number of halogens is 1. The van der Waals surface area contributed by atoms with E-state index in [1.807, 2.05) is 63.2 Å². The molecule has 0 spiro atoms. The molecule has 0 saturated heterocycles. The molecule has 34 heavy (non-hydrogen) atoms. The molecular weight excluding hydrogens is 452 g/mol. The Balaban J connectivity index is 1.95. The fourth-order valence-electron chi connectivity index (χ4n) is 4.33. The first-order valence-corrected chi connectivity index (χ1v) is 11.4. The van der Waals surface area contributed by atoms with Crippen LogP contribution in [0.2, 0.25) is 5.02 Å². The van der Waals surface area contributed by atoms with Gasteiger partial charge in [0, 0.05) is 17.5 Å². The van der Waals surface area contributed by atoms with E-state index in [0.717, 1.165) is 16.3 Å². The maximum atomic E-state index is 13.3. The lowest BCUT2D eigenvalue weighted by atomic mass is 9.83. The average molecular weight is 479 g/mol. The van der Waals surface area contributed by atoms with Gasteiger partial charge in [-0.2, -0.15) is 0 Å². The van der Waals surface area contributed by atoms with Crippen LogP contribution in [0.1, 0.15) is 38.1 Å². The van der Waals surface area contributed by atoms with E-state index in [1.165, 1.54) is 4.57 Å². The van der Waals surface area contributed by atoms with Gasteiger partial charge in [-0.15, -0.1) is 0 Å². The normalized spacial score (nSPS) is 12.6. The van der Waals surface area contributed by atoms with Gasteiger partial charge >= 0.3 is 6.09 Å². The molecule has 1 atom stereocenters. The Labute approximate surface area is 202 Å². The summed E-state index contributed by atoms with van der Waals surface area (Å²) >= 11 is 6.31. The Morgan fingerprint density at radius 3 is 2.47 bits per heavy atom. The summed E-state index contributed by atoms with van der Waals surface area (Å²) in [4.78, 5) is 25.0. The third kappa shape index (κ3) is 4.46. The number of amides is 1. The van der Waals surface area contributed by atoms with Crippen molar-refractivity contribution in [2.24, 2.45) is 12.5 Å². The number of benzene rings is 3. The molecule has 1 unspecified atom stereocenters. The Hall–Kier alpha value is -3.51. The first-order valence-electron chi connectivity index (χ1n) is 11.0. The van der Waals surface area contributed by atoms with E-state index in [1.54, 1.807) is 25.2 Å². The molecule has 2 N–H and O–H groups in total. The number of nitrogens with one attached hydrogen (secondary N) is 1. The number of aromatic nitrogens is 1. The van der Waals surface area contributed by atoms with Gasteiger partial charge in [0.05, 0.1) is 17.1 Å². The lowest BCUT2D eigenvalue weighted by molar-refractivity contribution is 0.171. The van der Waals surface area contributed by atoms with E-state index in [9.17, 15) is 14.7 Å². The van der Waals surface area contributed by atoms with Crippen molar-refractivity contribution in [3.8, 4) is 5.75 Å². The molecule has 0 aliphatic rings. The Morgan fingerprint density at radius 2 is 1.76 bits per heavy atom. The van der Waals surface area contributed by atoms with Crippen LogP contribution in [0.5, 0.6) is 5.75 Å². The van der Waals surface area contributed by atoms with Crippen LogP contribution < -0.4 is 15.6 Å². The molecule has 4 rings (SSSR count). The highest BCUT2D eigenvalue weighted by Crippen LogP contribution is 2.41. The number of ether oxygens (including phenoxy) is 1. The van der Waals surface area contributed by atoms with Gasteiger partial charge < -0.3 is 19.7 Å². The van der Waals surface area contributed by atoms with Gasteiger partial charge in [0.2, 0.25) is 0 Å². The molecule has 0 saturated carbocycles. The van der Waals surface area contributed by atoms with Gasteiger partial charge in [-0.25, -0.2) is 4.79 Å². The van der Waals surface area contributed by atoms with E-state index in [-0.39, 0.29) is 12.2 Å². The maximum Gasteiger partial charge on any atom is 0.405 e. The lowest BCUT2D eigenvalue weighted by Crippen LogP contribution is -2.39. The predicted molar refractivity (Wildman–Crippen MR) is 136 cm³/mol. The third-order valence-electron chi connectivity index (χ3n) is 6.01. The van der Waals surface area contributed by atoms with Crippen molar-refractivity contribution in [2.75, 3.05) is 0 Å². The van der Waals surface area contributed by atoms with Crippen LogP contribution in [-0.2, 0) is 13.7 Å². The van der Waals surface area contributed by atoms with Crippen LogP contribution in [0.4, 0.5) is 4.79 Å². The van der Waals surface area contributed by atoms with Crippen LogP contribution in [0.25, 0.3) is 21.5 Å². The smallest absolute Gasteiger partial charge is 0.405 e. The number of carboxylic acid groups (broad SMARTS) is 1. The van der Waals surface area contributed by atoms with Crippen LogP contribution in [0, 0.1) is 5.41 Å². The minimum absolute atomic E-state index is 0.234. The largest absolute Gasteiger partial charge is 0.486 e. The number of hydrogen-bond acceptors (Lipinski definition) is 3. The summed E-state index contributed by atoms with van der Waals surface area (Å²) < 4.78 is 7.91. The topological polar surface area (TPSA) is 80.6 Å². The zero-order valence-electron chi connectivity index (χ0n) is 19.6. The van der Waals surface area contributed by atoms with Crippen LogP contribution >= 0.6 is 11.6 Å². The molecule has 3 aromatic carbocycles. The molecule has 1 aromatic heterocycles. The first kappa shape index (κ1) is 23.6. The van der Waals surface area contributed by atoms with Gasteiger partial charge in [-0.3, -0.25) is 4.79 Å². The van der Waals surface area contributed by atoms with Crippen LogP contribution in [-0.4, -0.2) is 15.8 Å². The fraction of sp³-hybridized carbons (Fsp3) is 0.259. The van der Waals surface area contributed by atoms with Gasteiger partial charge in [-0.05, 0) is 39.9 Å². The summed E-state index contributed by atoms with van der Waals surface area (Å²) in [7, 11) is 1.64. The quantitative estimate of drug-likeness (QED) is 0.353. The summed E-state index contributed by atoms with van der Waals surface area (Å²) in [5, 5.41) is 15.8. The first-order chi connectivity index (χ1) is 16.1. The van der Waals surface area contributed by atoms with Crippen LogP contribution in [0.15, 0.2) is 65.5 Å². The highest BCUT2D eigenvalue weighted by molar-refractivity contribution is 6.31. The maximum absolute atomic E-state index is 13.3. The molecule has 0 radical (unpaired) electrons. The number of pyridine rings is 1. The van der Waals surface area contributed by atoms with Gasteiger partial charge in [-0.1, -0.05) is 74.8 Å². The average Bonchev–Trinajstić information content (AvgIpc) is 2.78. The van der Waals surface area contributed by atoms with E-state index >= 15 is 0 Å². The Kier molecular flexibility index (Phi) is 6.28.